The van der Waals surface area contributed by atoms with Gasteiger partial charge in [-0.05, 0) is 31.5 Å². The number of nitrogens with zero attached hydrogens (tertiary/aromatic N) is 3. The van der Waals surface area contributed by atoms with Gasteiger partial charge < -0.3 is 10.4 Å². The van der Waals surface area contributed by atoms with Crippen molar-refractivity contribution in [1.82, 2.24) is 5.32 Å². The average molecular weight is 156 g/mol. The highest BCUT2D eigenvalue weighted by molar-refractivity contribution is 4.86. The minimum absolute atomic E-state index is 0.200. The number of hydrogen-bond donors (Lipinski definition) is 2. The summed E-state index contributed by atoms with van der Waals surface area (Å²) in [7, 11) is 0. The van der Waals surface area contributed by atoms with Gasteiger partial charge in [-0.25, -0.2) is 0 Å². The molecule has 1 aliphatic rings. The Labute approximate surface area is 65.0 Å². The molecule has 5 nitrogen and oxygen atoms in total. The topological polar surface area (TPSA) is 81.0 Å². The van der Waals surface area contributed by atoms with Crippen LogP contribution in [0.5, 0.6) is 0 Å². The molecular weight excluding hydrogens is 144 g/mol. The molecule has 1 fully saturated rings. The molecule has 0 aliphatic carbocycles. The maximum absolute atomic E-state index is 9.70. The van der Waals surface area contributed by atoms with E-state index in [1.807, 2.05) is 0 Å². The van der Waals surface area contributed by atoms with Crippen molar-refractivity contribution in [1.29, 1.82) is 0 Å². The van der Waals surface area contributed by atoms with Crippen LogP contribution in [0.2, 0.25) is 0 Å². The number of hydrogen-bond acceptors (Lipinski definition) is 3. The van der Waals surface area contributed by atoms with Crippen LogP contribution in [0, 0.1) is 0 Å². The fourth-order valence-corrected chi connectivity index (χ4v) is 1.21. The first-order valence-corrected chi connectivity index (χ1v) is 3.71. The van der Waals surface area contributed by atoms with E-state index in [0.29, 0.717) is 12.8 Å². The third-order valence-electron chi connectivity index (χ3n) is 1.96. The van der Waals surface area contributed by atoms with E-state index >= 15 is 0 Å². The van der Waals surface area contributed by atoms with Crippen LogP contribution in [-0.2, 0) is 0 Å². The van der Waals surface area contributed by atoms with Gasteiger partial charge in [0.05, 0.1) is 12.1 Å². The number of aliphatic hydroxyl groups is 1. The summed E-state index contributed by atoms with van der Waals surface area (Å²) in [6, 6.07) is 0. The SMILES string of the molecule is [N-]=[N+]=NCC1(O)CCNCC1. The maximum Gasteiger partial charge on any atom is 0.0728 e. The third-order valence-corrected chi connectivity index (χ3v) is 1.96. The molecule has 0 unspecified atom stereocenters. The zero-order valence-corrected chi connectivity index (χ0v) is 6.32. The maximum atomic E-state index is 9.70. The summed E-state index contributed by atoms with van der Waals surface area (Å²) in [5.41, 5.74) is 7.29. The molecule has 0 aromatic carbocycles. The second-order valence-electron chi connectivity index (χ2n) is 2.86. The first-order valence-electron chi connectivity index (χ1n) is 3.71. The molecular formula is C6H12N4O. The first kappa shape index (κ1) is 8.33. The number of nitrogens with one attached hydrogen (secondary N) is 1. The molecule has 1 heterocycles. The van der Waals surface area contributed by atoms with Crippen molar-refractivity contribution >= 4 is 0 Å². The Morgan fingerprint density at radius 2 is 2.18 bits per heavy atom. The minimum Gasteiger partial charge on any atom is -0.390 e. The van der Waals surface area contributed by atoms with Gasteiger partial charge in [0.15, 0.2) is 0 Å². The van der Waals surface area contributed by atoms with Gasteiger partial charge in [-0.15, -0.1) is 0 Å². The quantitative estimate of drug-likeness (QED) is 0.345. The molecule has 1 aliphatic heterocycles. The highest BCUT2D eigenvalue weighted by atomic mass is 16.3. The van der Waals surface area contributed by atoms with E-state index in [-0.39, 0.29) is 6.54 Å². The minimum atomic E-state index is -0.752. The fraction of sp³-hybridized carbons (Fsp3) is 1.00. The Hall–Kier alpha value is -0.770. The van der Waals surface area contributed by atoms with Gasteiger partial charge in [-0.3, -0.25) is 0 Å². The molecule has 0 saturated carbocycles. The van der Waals surface area contributed by atoms with E-state index in [0.717, 1.165) is 13.1 Å². The molecule has 2 N–H and O–H groups in total. The van der Waals surface area contributed by atoms with Crippen molar-refractivity contribution in [3.8, 4) is 0 Å². The summed E-state index contributed by atoms with van der Waals surface area (Å²) in [6.07, 6.45) is 1.35. The molecule has 0 amide bonds. The largest absolute Gasteiger partial charge is 0.390 e. The Morgan fingerprint density at radius 1 is 1.55 bits per heavy atom. The summed E-state index contributed by atoms with van der Waals surface area (Å²) in [6.45, 7) is 1.81. The zero-order chi connectivity index (χ0) is 8.16. The van der Waals surface area contributed by atoms with E-state index in [1.165, 1.54) is 0 Å². The first-order chi connectivity index (χ1) is 5.27. The Kier molecular flexibility index (Phi) is 2.70. The van der Waals surface area contributed by atoms with E-state index in [1.54, 1.807) is 0 Å². The molecule has 0 radical (unpaired) electrons. The summed E-state index contributed by atoms with van der Waals surface area (Å²) in [4.78, 5) is 2.62. The van der Waals surface area contributed by atoms with Crippen LogP contribution in [0.25, 0.3) is 10.4 Å². The standard InChI is InChI=1S/C6H12N4O/c7-10-9-5-6(11)1-3-8-4-2-6/h8,11H,1-5H2. The lowest BCUT2D eigenvalue weighted by molar-refractivity contribution is 0.0193. The number of piperidine rings is 1. The van der Waals surface area contributed by atoms with E-state index in [9.17, 15) is 5.11 Å². The molecule has 0 bridgehead atoms. The van der Waals surface area contributed by atoms with Gasteiger partial charge in [0.2, 0.25) is 0 Å². The van der Waals surface area contributed by atoms with E-state index < -0.39 is 5.60 Å². The van der Waals surface area contributed by atoms with Crippen LogP contribution < -0.4 is 5.32 Å². The molecule has 11 heavy (non-hydrogen) atoms. The van der Waals surface area contributed by atoms with Crippen molar-refractivity contribution < 1.29 is 5.11 Å². The fourth-order valence-electron chi connectivity index (χ4n) is 1.21. The zero-order valence-electron chi connectivity index (χ0n) is 6.32. The van der Waals surface area contributed by atoms with E-state index in [4.69, 9.17) is 5.53 Å². The van der Waals surface area contributed by atoms with Crippen molar-refractivity contribution in [2.24, 2.45) is 5.11 Å². The molecule has 5 heteroatoms. The second kappa shape index (κ2) is 3.57. The molecule has 0 aromatic rings. The van der Waals surface area contributed by atoms with Gasteiger partial charge in [0.1, 0.15) is 0 Å². The lowest BCUT2D eigenvalue weighted by atomic mass is 9.93. The lowest BCUT2D eigenvalue weighted by Crippen LogP contribution is -2.43. The second-order valence-corrected chi connectivity index (χ2v) is 2.86. The van der Waals surface area contributed by atoms with Gasteiger partial charge in [0.25, 0.3) is 0 Å². The summed E-state index contributed by atoms with van der Waals surface area (Å²) in [5, 5.41) is 16.2. The lowest BCUT2D eigenvalue weighted by Gasteiger charge is -2.30. The van der Waals surface area contributed by atoms with Gasteiger partial charge in [-0.1, -0.05) is 5.11 Å². The van der Waals surface area contributed by atoms with Crippen molar-refractivity contribution in [2.45, 2.75) is 18.4 Å². The predicted molar refractivity (Wildman–Crippen MR) is 41.1 cm³/mol. The molecule has 1 saturated heterocycles. The van der Waals surface area contributed by atoms with Crippen LogP contribution in [-0.4, -0.2) is 30.3 Å². The van der Waals surface area contributed by atoms with Gasteiger partial charge >= 0.3 is 0 Å². The average Bonchev–Trinajstić information content (AvgIpc) is 2.03. The highest BCUT2D eigenvalue weighted by Crippen LogP contribution is 2.17. The van der Waals surface area contributed by atoms with Crippen molar-refractivity contribution in [2.75, 3.05) is 19.6 Å². The Balaban J connectivity index is 2.42. The summed E-state index contributed by atoms with van der Waals surface area (Å²) in [5.74, 6) is 0. The molecule has 62 valence electrons. The van der Waals surface area contributed by atoms with E-state index in [2.05, 4.69) is 15.3 Å². The van der Waals surface area contributed by atoms with Gasteiger partial charge in [-0.2, -0.15) is 0 Å². The Morgan fingerprint density at radius 3 is 2.73 bits per heavy atom. The van der Waals surface area contributed by atoms with Crippen LogP contribution in [0.3, 0.4) is 0 Å². The molecule has 0 atom stereocenters. The molecule has 1 rings (SSSR count). The van der Waals surface area contributed by atoms with Crippen LogP contribution in [0.4, 0.5) is 0 Å². The number of azide groups is 1. The summed E-state index contributed by atoms with van der Waals surface area (Å²) < 4.78 is 0. The molecule has 0 spiro atoms. The van der Waals surface area contributed by atoms with Crippen LogP contribution in [0.15, 0.2) is 5.11 Å². The van der Waals surface area contributed by atoms with Crippen molar-refractivity contribution in [3.05, 3.63) is 10.4 Å². The highest BCUT2D eigenvalue weighted by Gasteiger charge is 2.27. The predicted octanol–water partition coefficient (Wildman–Crippen LogP) is 0.411. The van der Waals surface area contributed by atoms with Crippen LogP contribution in [0.1, 0.15) is 12.8 Å². The van der Waals surface area contributed by atoms with Crippen LogP contribution >= 0.6 is 0 Å². The van der Waals surface area contributed by atoms with Gasteiger partial charge in [0, 0.05) is 4.91 Å². The van der Waals surface area contributed by atoms with Crippen molar-refractivity contribution in [3.63, 3.8) is 0 Å². The Bertz CT molecular complexity index is 169. The smallest absolute Gasteiger partial charge is 0.0728 e. The monoisotopic (exact) mass is 156 g/mol. The summed E-state index contributed by atoms with van der Waals surface area (Å²) >= 11 is 0. The molecule has 0 aromatic heterocycles. The normalized spacial score (nSPS) is 22.3. The third kappa shape index (κ3) is 2.38. The number of rotatable bonds is 2.